The standard InChI is InChI=1S/C10H10BrFN2/c1-10(14,4-5-13)8-3-2-7(12)6-9(8)11/h2-3,6H,4,14H2,1H3. The number of halogens is 2. The average molecular weight is 257 g/mol. The molecule has 0 aliphatic carbocycles. The van der Waals surface area contributed by atoms with Gasteiger partial charge in [-0.2, -0.15) is 5.26 Å². The van der Waals surface area contributed by atoms with Crippen molar-refractivity contribution in [1.82, 2.24) is 0 Å². The highest BCUT2D eigenvalue weighted by atomic mass is 79.9. The van der Waals surface area contributed by atoms with Gasteiger partial charge >= 0.3 is 0 Å². The van der Waals surface area contributed by atoms with E-state index < -0.39 is 5.54 Å². The molecule has 1 aromatic rings. The van der Waals surface area contributed by atoms with Crippen LogP contribution in [0.2, 0.25) is 0 Å². The highest BCUT2D eigenvalue weighted by Crippen LogP contribution is 2.29. The third-order valence-electron chi connectivity index (χ3n) is 1.99. The van der Waals surface area contributed by atoms with Gasteiger partial charge in [-0.15, -0.1) is 0 Å². The molecule has 1 rings (SSSR count). The Morgan fingerprint density at radius 2 is 2.29 bits per heavy atom. The second-order valence-corrected chi connectivity index (χ2v) is 4.23. The maximum absolute atomic E-state index is 12.8. The maximum atomic E-state index is 12.8. The molecule has 0 radical (unpaired) electrons. The van der Waals surface area contributed by atoms with Crippen LogP contribution >= 0.6 is 15.9 Å². The highest BCUT2D eigenvalue weighted by molar-refractivity contribution is 9.10. The molecular formula is C10H10BrFN2. The highest BCUT2D eigenvalue weighted by Gasteiger charge is 2.23. The van der Waals surface area contributed by atoms with E-state index in [0.29, 0.717) is 4.47 Å². The van der Waals surface area contributed by atoms with Crippen molar-refractivity contribution >= 4 is 15.9 Å². The van der Waals surface area contributed by atoms with Gasteiger partial charge in [-0.3, -0.25) is 0 Å². The smallest absolute Gasteiger partial charge is 0.124 e. The molecule has 0 spiro atoms. The largest absolute Gasteiger partial charge is 0.321 e. The number of benzene rings is 1. The number of nitrogens with two attached hydrogens (primary N) is 1. The molecule has 74 valence electrons. The number of rotatable bonds is 2. The van der Waals surface area contributed by atoms with Crippen LogP contribution < -0.4 is 5.73 Å². The second kappa shape index (κ2) is 4.07. The summed E-state index contributed by atoms with van der Waals surface area (Å²) in [6, 6.07) is 6.28. The van der Waals surface area contributed by atoms with Crippen LogP contribution in [0.4, 0.5) is 4.39 Å². The molecule has 2 nitrogen and oxygen atoms in total. The fourth-order valence-electron chi connectivity index (χ4n) is 1.21. The van der Waals surface area contributed by atoms with Gasteiger partial charge in [-0.25, -0.2) is 4.39 Å². The topological polar surface area (TPSA) is 49.8 Å². The molecule has 2 N–H and O–H groups in total. The summed E-state index contributed by atoms with van der Waals surface area (Å²) in [5.41, 5.74) is 5.91. The van der Waals surface area contributed by atoms with Crippen LogP contribution in [-0.4, -0.2) is 0 Å². The van der Waals surface area contributed by atoms with Crippen molar-refractivity contribution in [2.45, 2.75) is 18.9 Å². The lowest BCUT2D eigenvalue weighted by Gasteiger charge is -2.23. The zero-order chi connectivity index (χ0) is 10.8. The molecule has 1 aromatic carbocycles. The number of nitrogens with zero attached hydrogens (tertiary/aromatic N) is 1. The van der Waals surface area contributed by atoms with E-state index in [9.17, 15) is 4.39 Å². The van der Waals surface area contributed by atoms with Crippen molar-refractivity contribution in [1.29, 1.82) is 5.26 Å². The summed E-state index contributed by atoms with van der Waals surface area (Å²) in [6.45, 7) is 1.74. The Labute approximate surface area is 90.7 Å². The van der Waals surface area contributed by atoms with Gasteiger partial charge in [0.1, 0.15) is 5.82 Å². The summed E-state index contributed by atoms with van der Waals surface area (Å²) in [6.07, 6.45) is 0.192. The van der Waals surface area contributed by atoms with Gasteiger partial charge in [0.25, 0.3) is 0 Å². The Morgan fingerprint density at radius 3 is 2.79 bits per heavy atom. The van der Waals surface area contributed by atoms with E-state index in [1.165, 1.54) is 12.1 Å². The molecule has 14 heavy (non-hydrogen) atoms. The van der Waals surface area contributed by atoms with E-state index in [1.807, 2.05) is 6.07 Å². The van der Waals surface area contributed by atoms with Crippen molar-refractivity contribution in [3.05, 3.63) is 34.1 Å². The second-order valence-electron chi connectivity index (χ2n) is 3.38. The molecule has 0 aromatic heterocycles. The van der Waals surface area contributed by atoms with E-state index in [1.54, 1.807) is 13.0 Å². The third kappa shape index (κ3) is 2.31. The number of hydrogen-bond donors (Lipinski definition) is 1. The zero-order valence-corrected chi connectivity index (χ0v) is 9.31. The van der Waals surface area contributed by atoms with Crippen molar-refractivity contribution < 1.29 is 4.39 Å². The summed E-state index contributed by atoms with van der Waals surface area (Å²) in [5, 5.41) is 8.59. The van der Waals surface area contributed by atoms with Gasteiger partial charge in [-0.05, 0) is 24.6 Å². The first-order chi connectivity index (χ1) is 6.47. The molecule has 0 heterocycles. The lowest BCUT2D eigenvalue weighted by Crippen LogP contribution is -2.32. The van der Waals surface area contributed by atoms with E-state index >= 15 is 0 Å². The van der Waals surface area contributed by atoms with Gasteiger partial charge in [0.2, 0.25) is 0 Å². The first-order valence-corrected chi connectivity index (χ1v) is 4.88. The van der Waals surface area contributed by atoms with Crippen LogP contribution in [0.5, 0.6) is 0 Å². The van der Waals surface area contributed by atoms with Crippen LogP contribution in [0.1, 0.15) is 18.9 Å². The maximum Gasteiger partial charge on any atom is 0.124 e. The Kier molecular flexibility index (Phi) is 3.25. The van der Waals surface area contributed by atoms with Gasteiger partial charge < -0.3 is 5.73 Å². The van der Waals surface area contributed by atoms with E-state index in [-0.39, 0.29) is 12.2 Å². The fourth-order valence-corrected chi connectivity index (χ4v) is 2.02. The van der Waals surface area contributed by atoms with Crippen LogP contribution in [0.25, 0.3) is 0 Å². The summed E-state index contributed by atoms with van der Waals surface area (Å²) < 4.78 is 13.4. The molecule has 0 aliphatic rings. The number of nitriles is 1. The number of hydrogen-bond acceptors (Lipinski definition) is 2. The predicted molar refractivity (Wildman–Crippen MR) is 55.9 cm³/mol. The van der Waals surface area contributed by atoms with Crippen LogP contribution in [0, 0.1) is 17.1 Å². The summed E-state index contributed by atoms with van der Waals surface area (Å²) in [7, 11) is 0. The minimum atomic E-state index is -0.749. The molecule has 0 amide bonds. The first kappa shape index (κ1) is 11.2. The molecule has 0 bridgehead atoms. The molecule has 1 unspecified atom stereocenters. The fraction of sp³-hybridized carbons (Fsp3) is 0.300. The minimum absolute atomic E-state index is 0.192. The Balaban J connectivity index is 3.14. The summed E-state index contributed by atoms with van der Waals surface area (Å²) >= 11 is 3.22. The van der Waals surface area contributed by atoms with Crippen LogP contribution in [-0.2, 0) is 5.54 Å². The molecule has 4 heteroatoms. The van der Waals surface area contributed by atoms with E-state index in [2.05, 4.69) is 15.9 Å². The SMILES string of the molecule is CC(N)(CC#N)c1ccc(F)cc1Br. The van der Waals surface area contributed by atoms with Crippen molar-refractivity contribution in [3.8, 4) is 6.07 Å². The average Bonchev–Trinajstić information content (AvgIpc) is 2.02. The lowest BCUT2D eigenvalue weighted by atomic mass is 9.90. The predicted octanol–water partition coefficient (Wildman–Crippen LogP) is 2.68. The molecule has 0 saturated carbocycles. The summed E-state index contributed by atoms with van der Waals surface area (Å²) in [5.74, 6) is -0.326. The minimum Gasteiger partial charge on any atom is -0.321 e. The Hall–Kier alpha value is -0.920. The monoisotopic (exact) mass is 256 g/mol. The molecular weight excluding hydrogens is 247 g/mol. The van der Waals surface area contributed by atoms with Gasteiger partial charge in [-0.1, -0.05) is 22.0 Å². The normalized spacial score (nSPS) is 14.5. The van der Waals surface area contributed by atoms with Gasteiger partial charge in [0, 0.05) is 4.47 Å². The Morgan fingerprint density at radius 1 is 1.64 bits per heavy atom. The van der Waals surface area contributed by atoms with Crippen molar-refractivity contribution in [3.63, 3.8) is 0 Å². The van der Waals surface area contributed by atoms with Crippen molar-refractivity contribution in [2.75, 3.05) is 0 Å². The quantitative estimate of drug-likeness (QED) is 0.885. The molecule has 0 fully saturated rings. The van der Waals surface area contributed by atoms with Gasteiger partial charge in [0.15, 0.2) is 0 Å². The molecule has 1 atom stereocenters. The summed E-state index contributed by atoms with van der Waals surface area (Å²) in [4.78, 5) is 0. The van der Waals surface area contributed by atoms with Crippen LogP contribution in [0.15, 0.2) is 22.7 Å². The molecule has 0 saturated heterocycles. The first-order valence-electron chi connectivity index (χ1n) is 4.09. The van der Waals surface area contributed by atoms with E-state index in [4.69, 9.17) is 11.0 Å². The zero-order valence-electron chi connectivity index (χ0n) is 7.72. The Bertz CT molecular complexity index is 382. The van der Waals surface area contributed by atoms with Gasteiger partial charge in [0.05, 0.1) is 18.0 Å². The third-order valence-corrected chi connectivity index (χ3v) is 2.65. The van der Waals surface area contributed by atoms with E-state index in [0.717, 1.165) is 5.56 Å². The lowest BCUT2D eigenvalue weighted by molar-refractivity contribution is 0.503. The van der Waals surface area contributed by atoms with Crippen molar-refractivity contribution in [2.24, 2.45) is 5.73 Å². The molecule has 0 aliphatic heterocycles. The van der Waals surface area contributed by atoms with Crippen LogP contribution in [0.3, 0.4) is 0 Å².